The number of nitrogens with zero attached hydrogens (tertiary/aromatic N) is 1. The maximum atomic E-state index is 13.0. The summed E-state index contributed by atoms with van der Waals surface area (Å²) in [5.41, 5.74) is 1.16. The zero-order chi connectivity index (χ0) is 13.8. The van der Waals surface area contributed by atoms with E-state index in [-0.39, 0.29) is 16.6 Å². The van der Waals surface area contributed by atoms with Crippen LogP contribution >= 0.6 is 15.9 Å². The topological polar surface area (TPSA) is 15.3 Å². The molecule has 3 rings (SSSR count). The van der Waals surface area contributed by atoms with E-state index in [0.29, 0.717) is 0 Å². The molecule has 2 atom stereocenters. The van der Waals surface area contributed by atoms with Crippen LogP contribution in [0.25, 0.3) is 0 Å². The Morgan fingerprint density at radius 3 is 2.74 bits per heavy atom. The molecule has 104 valence electrons. The van der Waals surface area contributed by atoms with Crippen LogP contribution < -0.4 is 10.2 Å². The van der Waals surface area contributed by atoms with E-state index in [1.54, 1.807) is 6.07 Å². The highest BCUT2D eigenvalue weighted by molar-refractivity contribution is 9.10. The smallest absolute Gasteiger partial charge is 0.363 e. The Morgan fingerprint density at radius 2 is 2.05 bits per heavy atom. The molecule has 1 aromatic carbocycles. The lowest BCUT2D eigenvalue weighted by Gasteiger charge is -2.38. The zero-order valence-electron chi connectivity index (χ0n) is 10.4. The van der Waals surface area contributed by atoms with Crippen LogP contribution in [0.4, 0.5) is 18.9 Å². The van der Waals surface area contributed by atoms with E-state index in [0.717, 1.165) is 30.8 Å². The summed E-state index contributed by atoms with van der Waals surface area (Å²) in [7, 11) is 0. The molecule has 1 aromatic rings. The number of rotatable bonds is 0. The third-order valence-electron chi connectivity index (χ3n) is 3.90. The number of fused-ring (bicyclic) bond motifs is 3. The number of benzene rings is 1. The Balaban J connectivity index is 2.08. The van der Waals surface area contributed by atoms with Crippen molar-refractivity contribution < 1.29 is 13.2 Å². The molecule has 19 heavy (non-hydrogen) atoms. The molecular weight excluding hydrogens is 321 g/mol. The molecule has 0 bridgehead atoms. The Hall–Kier alpha value is -0.750. The van der Waals surface area contributed by atoms with Gasteiger partial charge in [-0.25, -0.2) is 0 Å². The number of piperazine rings is 1. The molecule has 0 spiro atoms. The van der Waals surface area contributed by atoms with Crippen LogP contribution in [-0.4, -0.2) is 25.2 Å². The lowest BCUT2D eigenvalue weighted by atomic mass is 10.1. The third-order valence-corrected chi connectivity index (χ3v) is 4.55. The van der Waals surface area contributed by atoms with Crippen molar-refractivity contribution in [1.29, 1.82) is 0 Å². The maximum Gasteiger partial charge on any atom is 0.417 e. The van der Waals surface area contributed by atoms with Gasteiger partial charge in [-0.15, -0.1) is 0 Å². The summed E-state index contributed by atoms with van der Waals surface area (Å²) in [5, 5.41) is 3.32. The second-order valence-corrected chi connectivity index (χ2v) is 6.09. The molecule has 1 fully saturated rings. The molecule has 6 heteroatoms. The average Bonchev–Trinajstić information content (AvgIpc) is 2.64. The van der Waals surface area contributed by atoms with Crippen LogP contribution in [0.3, 0.4) is 0 Å². The highest BCUT2D eigenvalue weighted by atomic mass is 79.9. The van der Waals surface area contributed by atoms with Gasteiger partial charge in [0, 0.05) is 35.3 Å². The average molecular weight is 335 g/mol. The molecule has 0 unspecified atom stereocenters. The first-order valence-corrected chi connectivity index (χ1v) is 7.06. The van der Waals surface area contributed by atoms with Crippen LogP contribution in [0.15, 0.2) is 16.6 Å². The Labute approximate surface area is 118 Å². The van der Waals surface area contributed by atoms with Gasteiger partial charge in [0.25, 0.3) is 0 Å². The highest BCUT2D eigenvalue weighted by Gasteiger charge is 2.39. The number of halogens is 4. The molecule has 0 radical (unpaired) electrons. The van der Waals surface area contributed by atoms with Crippen LogP contribution in [0.2, 0.25) is 0 Å². The van der Waals surface area contributed by atoms with E-state index in [1.165, 1.54) is 6.07 Å². The maximum absolute atomic E-state index is 13.0. The predicted molar refractivity (Wildman–Crippen MR) is 71.4 cm³/mol. The van der Waals surface area contributed by atoms with Crippen molar-refractivity contribution in [3.63, 3.8) is 0 Å². The van der Waals surface area contributed by atoms with Gasteiger partial charge in [0.05, 0.1) is 5.56 Å². The van der Waals surface area contributed by atoms with Crippen LogP contribution in [0.1, 0.15) is 18.1 Å². The Kier molecular flexibility index (Phi) is 3.05. The van der Waals surface area contributed by atoms with E-state index < -0.39 is 11.7 Å². The molecule has 0 amide bonds. The van der Waals surface area contributed by atoms with Gasteiger partial charge in [-0.05, 0) is 31.0 Å². The van der Waals surface area contributed by atoms with Crippen molar-refractivity contribution in [2.75, 3.05) is 18.0 Å². The van der Waals surface area contributed by atoms with Gasteiger partial charge in [0.15, 0.2) is 0 Å². The van der Waals surface area contributed by atoms with Gasteiger partial charge in [0.1, 0.15) is 0 Å². The van der Waals surface area contributed by atoms with E-state index in [9.17, 15) is 13.2 Å². The van der Waals surface area contributed by atoms with Gasteiger partial charge in [-0.3, -0.25) is 0 Å². The molecule has 2 heterocycles. The Bertz CT molecular complexity index is 515. The highest BCUT2D eigenvalue weighted by Crippen LogP contribution is 2.43. The van der Waals surface area contributed by atoms with Gasteiger partial charge >= 0.3 is 6.18 Å². The monoisotopic (exact) mass is 334 g/mol. The van der Waals surface area contributed by atoms with E-state index >= 15 is 0 Å². The predicted octanol–water partition coefficient (Wildman–Crippen LogP) is 3.19. The number of hydrogen-bond donors (Lipinski definition) is 1. The third kappa shape index (κ3) is 2.14. The van der Waals surface area contributed by atoms with Crippen molar-refractivity contribution in [2.45, 2.75) is 31.6 Å². The van der Waals surface area contributed by atoms with Crippen molar-refractivity contribution in [3.05, 3.63) is 27.7 Å². The first kappa shape index (κ1) is 13.2. The van der Waals surface area contributed by atoms with Crippen molar-refractivity contribution >= 4 is 21.6 Å². The summed E-state index contributed by atoms with van der Waals surface area (Å²) >= 11 is 3.05. The first-order valence-electron chi connectivity index (χ1n) is 6.26. The summed E-state index contributed by atoms with van der Waals surface area (Å²) in [6.45, 7) is 3.69. The minimum atomic E-state index is -4.32. The van der Waals surface area contributed by atoms with Crippen molar-refractivity contribution in [3.8, 4) is 0 Å². The van der Waals surface area contributed by atoms with Gasteiger partial charge in [-0.1, -0.05) is 15.9 Å². The second-order valence-electron chi connectivity index (χ2n) is 5.23. The van der Waals surface area contributed by atoms with E-state index in [4.69, 9.17) is 0 Å². The minimum absolute atomic E-state index is 0.138. The number of anilines is 1. The second kappa shape index (κ2) is 4.38. The molecular formula is C13H14BrF3N2. The molecule has 0 aromatic heterocycles. The fourth-order valence-corrected chi connectivity index (χ4v) is 3.71. The van der Waals surface area contributed by atoms with Crippen LogP contribution in [-0.2, 0) is 12.6 Å². The molecule has 0 aliphatic carbocycles. The van der Waals surface area contributed by atoms with E-state index in [1.807, 2.05) is 6.92 Å². The summed E-state index contributed by atoms with van der Waals surface area (Å²) in [5.74, 6) is 0. The minimum Gasteiger partial charge on any atom is -0.363 e. The van der Waals surface area contributed by atoms with Gasteiger partial charge in [0.2, 0.25) is 0 Å². The zero-order valence-corrected chi connectivity index (χ0v) is 12.0. The number of alkyl halides is 3. The molecule has 2 nitrogen and oxygen atoms in total. The summed E-state index contributed by atoms with van der Waals surface area (Å²) < 4.78 is 39.1. The van der Waals surface area contributed by atoms with Crippen LogP contribution in [0.5, 0.6) is 0 Å². The number of nitrogens with one attached hydrogen (secondary N) is 1. The standard InChI is InChI=1S/C13H14BrF3N2/c1-7-5-18-6-9-2-8-3-11(14)10(13(15,16)17)4-12(8)19(7)9/h3-4,7,9,18H,2,5-6H2,1H3/t7-,9-/m1/s1. The summed E-state index contributed by atoms with van der Waals surface area (Å²) in [6.07, 6.45) is -3.51. The lowest BCUT2D eigenvalue weighted by molar-refractivity contribution is -0.138. The van der Waals surface area contributed by atoms with Crippen molar-refractivity contribution in [2.24, 2.45) is 0 Å². The van der Waals surface area contributed by atoms with Gasteiger partial charge < -0.3 is 10.2 Å². The summed E-state index contributed by atoms with van der Waals surface area (Å²) in [6, 6.07) is 3.42. The van der Waals surface area contributed by atoms with Crippen LogP contribution in [0, 0.1) is 0 Å². The normalized spacial score (nSPS) is 26.3. The first-order chi connectivity index (χ1) is 8.88. The largest absolute Gasteiger partial charge is 0.417 e. The molecule has 1 saturated heterocycles. The fraction of sp³-hybridized carbons (Fsp3) is 0.538. The fourth-order valence-electron chi connectivity index (χ4n) is 3.10. The quantitative estimate of drug-likeness (QED) is 0.783. The SMILES string of the molecule is C[C@@H]1CNC[C@H]2Cc3cc(Br)c(C(F)(F)F)cc3N21. The lowest BCUT2D eigenvalue weighted by Crippen LogP contribution is -2.54. The number of hydrogen-bond acceptors (Lipinski definition) is 2. The molecule has 2 aliphatic rings. The Morgan fingerprint density at radius 1 is 1.32 bits per heavy atom. The molecule has 1 N–H and O–H groups in total. The van der Waals surface area contributed by atoms with Crippen molar-refractivity contribution in [1.82, 2.24) is 5.32 Å². The van der Waals surface area contributed by atoms with Gasteiger partial charge in [-0.2, -0.15) is 13.2 Å². The molecule has 2 aliphatic heterocycles. The summed E-state index contributed by atoms with van der Waals surface area (Å²) in [4.78, 5) is 2.13. The van der Waals surface area contributed by atoms with E-state index in [2.05, 4.69) is 26.1 Å². The molecule has 0 saturated carbocycles.